The monoisotopic (exact) mass is 243 g/mol. The molecule has 0 radical (unpaired) electrons. The topological polar surface area (TPSA) is 26.0 Å². The Kier molecular flexibility index (Phi) is 6.03. The van der Waals surface area contributed by atoms with E-state index >= 15 is 0 Å². The normalized spacial score (nSPS) is 15.4. The molecule has 1 nitrogen and oxygen atoms in total. The number of halogens is 3. The maximum absolute atomic E-state index is 11.8. The van der Waals surface area contributed by atoms with Crippen molar-refractivity contribution in [2.75, 3.05) is 5.75 Å². The minimum atomic E-state index is -4.04. The highest BCUT2D eigenvalue weighted by Crippen LogP contribution is 2.26. The molecule has 0 aliphatic rings. The van der Waals surface area contributed by atoms with E-state index in [0.29, 0.717) is 6.42 Å². The molecule has 0 saturated carbocycles. The lowest BCUT2D eigenvalue weighted by molar-refractivity contribution is -0.135. The average molecular weight is 243 g/mol. The Morgan fingerprint density at radius 3 is 2.13 bits per heavy atom. The number of rotatable bonds is 5. The molecule has 0 rings (SSSR count). The van der Waals surface area contributed by atoms with E-state index in [1.807, 2.05) is 0 Å². The van der Waals surface area contributed by atoms with E-state index < -0.39 is 12.6 Å². The second kappa shape index (κ2) is 5.99. The zero-order valence-electron chi connectivity index (χ0n) is 9.53. The second-order valence-corrected chi connectivity index (χ2v) is 6.54. The molecule has 92 valence electrons. The summed E-state index contributed by atoms with van der Waals surface area (Å²) in [5.74, 6) is 0.724. The Balaban J connectivity index is 3.54. The number of nitrogens with two attached hydrogens (primary N) is 1. The SMILES string of the molecule is CC(C)(C)SCC(N)CCCC(F)(F)F. The van der Waals surface area contributed by atoms with Crippen LogP contribution in [0.15, 0.2) is 0 Å². The maximum Gasteiger partial charge on any atom is 0.389 e. The van der Waals surface area contributed by atoms with Gasteiger partial charge in [-0.05, 0) is 12.8 Å². The molecule has 0 aliphatic carbocycles. The number of alkyl halides is 3. The minimum Gasteiger partial charge on any atom is -0.327 e. The van der Waals surface area contributed by atoms with Gasteiger partial charge in [0.2, 0.25) is 0 Å². The Morgan fingerprint density at radius 2 is 1.73 bits per heavy atom. The summed E-state index contributed by atoms with van der Waals surface area (Å²) in [5.41, 5.74) is 5.72. The van der Waals surface area contributed by atoms with E-state index in [-0.39, 0.29) is 17.2 Å². The molecule has 2 N–H and O–H groups in total. The molecule has 0 aromatic carbocycles. The van der Waals surface area contributed by atoms with Crippen LogP contribution in [0, 0.1) is 0 Å². The zero-order valence-corrected chi connectivity index (χ0v) is 10.3. The molecule has 0 saturated heterocycles. The fraction of sp³-hybridized carbons (Fsp3) is 1.00. The summed E-state index contributed by atoms with van der Waals surface area (Å²) in [5, 5.41) is 0. The standard InChI is InChI=1S/C10H20F3NS/c1-9(2,3)15-7-8(14)5-4-6-10(11,12)13/h8H,4-7,14H2,1-3H3. The van der Waals surface area contributed by atoms with Gasteiger partial charge in [-0.25, -0.2) is 0 Å². The first kappa shape index (κ1) is 15.1. The third-order valence-electron chi connectivity index (χ3n) is 1.77. The lowest BCUT2D eigenvalue weighted by atomic mass is 10.1. The van der Waals surface area contributed by atoms with Gasteiger partial charge in [-0.2, -0.15) is 24.9 Å². The molecule has 0 aromatic heterocycles. The minimum absolute atomic E-state index is 0.127. The lowest BCUT2D eigenvalue weighted by Crippen LogP contribution is -2.26. The van der Waals surface area contributed by atoms with Crippen LogP contribution in [0.2, 0.25) is 0 Å². The van der Waals surface area contributed by atoms with Gasteiger partial charge in [0.25, 0.3) is 0 Å². The molecular weight excluding hydrogens is 223 g/mol. The van der Waals surface area contributed by atoms with Crippen molar-refractivity contribution in [1.29, 1.82) is 0 Å². The molecule has 0 bridgehead atoms. The first-order valence-corrected chi connectivity index (χ1v) is 6.05. The highest BCUT2D eigenvalue weighted by Gasteiger charge is 2.26. The van der Waals surface area contributed by atoms with Crippen LogP contribution in [0.25, 0.3) is 0 Å². The van der Waals surface area contributed by atoms with Crippen LogP contribution in [0.5, 0.6) is 0 Å². The van der Waals surface area contributed by atoms with Gasteiger partial charge in [-0.1, -0.05) is 20.8 Å². The quantitative estimate of drug-likeness (QED) is 0.798. The smallest absolute Gasteiger partial charge is 0.327 e. The zero-order chi connectivity index (χ0) is 12.1. The van der Waals surface area contributed by atoms with Crippen LogP contribution in [0.1, 0.15) is 40.0 Å². The Bertz CT molecular complexity index is 174. The third kappa shape index (κ3) is 12.0. The van der Waals surface area contributed by atoms with Gasteiger partial charge in [-0.3, -0.25) is 0 Å². The summed E-state index contributed by atoms with van der Waals surface area (Å²) in [7, 11) is 0. The lowest BCUT2D eigenvalue weighted by Gasteiger charge is -2.20. The molecule has 0 aliphatic heterocycles. The van der Waals surface area contributed by atoms with Gasteiger partial charge >= 0.3 is 6.18 Å². The van der Waals surface area contributed by atoms with Crippen molar-refractivity contribution in [2.24, 2.45) is 5.73 Å². The number of hydrogen-bond acceptors (Lipinski definition) is 2. The van der Waals surface area contributed by atoms with Crippen LogP contribution in [0.3, 0.4) is 0 Å². The fourth-order valence-corrected chi connectivity index (χ4v) is 1.89. The molecule has 15 heavy (non-hydrogen) atoms. The van der Waals surface area contributed by atoms with Crippen molar-refractivity contribution < 1.29 is 13.2 Å². The van der Waals surface area contributed by atoms with Gasteiger partial charge < -0.3 is 5.73 Å². The van der Waals surface area contributed by atoms with Crippen LogP contribution in [-0.4, -0.2) is 22.7 Å². The number of thioether (sulfide) groups is 1. The fourth-order valence-electron chi connectivity index (χ4n) is 1.01. The van der Waals surface area contributed by atoms with E-state index in [0.717, 1.165) is 5.75 Å². The predicted octanol–water partition coefficient (Wildman–Crippen LogP) is 3.58. The number of hydrogen-bond donors (Lipinski definition) is 1. The molecule has 1 atom stereocenters. The van der Waals surface area contributed by atoms with Crippen LogP contribution in [0.4, 0.5) is 13.2 Å². The second-order valence-electron chi connectivity index (χ2n) is 4.69. The van der Waals surface area contributed by atoms with Gasteiger partial charge in [0, 0.05) is 23.0 Å². The molecule has 5 heteroatoms. The third-order valence-corrected chi connectivity index (χ3v) is 3.23. The summed E-state index contributed by atoms with van der Waals surface area (Å²) in [6.07, 6.45) is -4.18. The molecule has 0 amide bonds. The average Bonchev–Trinajstić information content (AvgIpc) is 1.97. The van der Waals surface area contributed by atoms with E-state index in [1.165, 1.54) is 0 Å². The summed E-state index contributed by atoms with van der Waals surface area (Å²) in [4.78, 5) is 0. The molecule has 0 aromatic rings. The molecule has 0 fully saturated rings. The first-order chi connectivity index (χ1) is 6.60. The van der Waals surface area contributed by atoms with Crippen LogP contribution >= 0.6 is 11.8 Å². The van der Waals surface area contributed by atoms with Crippen molar-refractivity contribution in [3.05, 3.63) is 0 Å². The van der Waals surface area contributed by atoms with E-state index in [2.05, 4.69) is 20.8 Å². The van der Waals surface area contributed by atoms with Crippen molar-refractivity contribution in [3.8, 4) is 0 Å². The van der Waals surface area contributed by atoms with E-state index in [1.54, 1.807) is 11.8 Å². The highest BCUT2D eigenvalue weighted by atomic mass is 32.2. The van der Waals surface area contributed by atoms with E-state index in [9.17, 15) is 13.2 Å². The Morgan fingerprint density at radius 1 is 1.20 bits per heavy atom. The van der Waals surface area contributed by atoms with Gasteiger partial charge in [0.15, 0.2) is 0 Å². The van der Waals surface area contributed by atoms with Crippen molar-refractivity contribution >= 4 is 11.8 Å². The van der Waals surface area contributed by atoms with Gasteiger partial charge in [-0.15, -0.1) is 0 Å². The molecule has 0 heterocycles. The van der Waals surface area contributed by atoms with Crippen molar-refractivity contribution in [2.45, 2.75) is 57.0 Å². The van der Waals surface area contributed by atoms with E-state index in [4.69, 9.17) is 5.73 Å². The summed E-state index contributed by atoms with van der Waals surface area (Å²) in [6.45, 7) is 6.21. The van der Waals surface area contributed by atoms with Gasteiger partial charge in [0.05, 0.1) is 0 Å². The molecule has 1 unspecified atom stereocenters. The summed E-state index contributed by atoms with van der Waals surface area (Å²) in [6, 6.07) is -0.128. The maximum atomic E-state index is 11.8. The summed E-state index contributed by atoms with van der Waals surface area (Å²) >= 11 is 1.69. The first-order valence-electron chi connectivity index (χ1n) is 5.06. The van der Waals surface area contributed by atoms with Crippen molar-refractivity contribution in [1.82, 2.24) is 0 Å². The highest BCUT2D eigenvalue weighted by molar-refractivity contribution is 8.00. The Labute approximate surface area is 94.0 Å². The van der Waals surface area contributed by atoms with Gasteiger partial charge in [0.1, 0.15) is 0 Å². The molecular formula is C10H20F3NS. The van der Waals surface area contributed by atoms with Crippen LogP contribution in [-0.2, 0) is 0 Å². The summed E-state index contributed by atoms with van der Waals surface area (Å²) < 4.78 is 35.6. The van der Waals surface area contributed by atoms with Crippen LogP contribution < -0.4 is 5.73 Å². The molecule has 0 spiro atoms. The Hall–Kier alpha value is 0.100. The predicted molar refractivity (Wildman–Crippen MR) is 60.1 cm³/mol. The largest absolute Gasteiger partial charge is 0.389 e. The van der Waals surface area contributed by atoms with Crippen molar-refractivity contribution in [3.63, 3.8) is 0 Å².